The van der Waals surface area contributed by atoms with Crippen molar-refractivity contribution in [1.29, 1.82) is 0 Å². The number of Topliss-reactive ketones (excluding diaryl/α,β-unsaturated/α-hetero) is 1. The van der Waals surface area contributed by atoms with Crippen LogP contribution >= 0.6 is 0 Å². The van der Waals surface area contributed by atoms with E-state index in [1.807, 2.05) is 0 Å². The highest BCUT2D eigenvalue weighted by Crippen LogP contribution is 2.24. The summed E-state index contributed by atoms with van der Waals surface area (Å²) in [6.07, 6.45) is 3.26. The summed E-state index contributed by atoms with van der Waals surface area (Å²) in [5.41, 5.74) is 6.61. The van der Waals surface area contributed by atoms with E-state index in [1.165, 1.54) is 6.92 Å². The number of rotatable bonds is 3. The molecule has 0 aliphatic heterocycles. The maximum atomic E-state index is 11.3. The summed E-state index contributed by atoms with van der Waals surface area (Å²) in [5, 5.41) is 0. The van der Waals surface area contributed by atoms with Gasteiger partial charge < -0.3 is 10.5 Å². The first-order valence-corrected chi connectivity index (χ1v) is 5.15. The number of nitrogens with zero attached hydrogens (tertiary/aromatic N) is 1. The third kappa shape index (κ3) is 2.60. The van der Waals surface area contributed by atoms with Crippen molar-refractivity contribution in [2.75, 3.05) is 5.73 Å². The number of carbonyl (C=O) groups excluding carboxylic acids is 1. The van der Waals surface area contributed by atoms with Crippen LogP contribution in [0, 0.1) is 0 Å². The second-order valence-corrected chi connectivity index (χ2v) is 3.60. The smallest absolute Gasteiger partial charge is 0.162 e. The van der Waals surface area contributed by atoms with Gasteiger partial charge in [0.15, 0.2) is 5.78 Å². The van der Waals surface area contributed by atoms with Crippen LogP contribution in [-0.2, 0) is 0 Å². The minimum absolute atomic E-state index is 0.0841. The molecule has 17 heavy (non-hydrogen) atoms. The fraction of sp³-hybridized carbons (Fsp3) is 0.0769. The summed E-state index contributed by atoms with van der Waals surface area (Å²) in [6.45, 7) is 1.47. The fourth-order valence-electron chi connectivity index (χ4n) is 1.45. The summed E-state index contributed by atoms with van der Waals surface area (Å²) in [4.78, 5) is 15.3. The molecule has 86 valence electrons. The van der Waals surface area contributed by atoms with E-state index >= 15 is 0 Å². The molecular weight excluding hydrogens is 216 g/mol. The van der Waals surface area contributed by atoms with Gasteiger partial charge >= 0.3 is 0 Å². The average molecular weight is 228 g/mol. The number of hydrogen-bond acceptors (Lipinski definition) is 4. The Morgan fingerprint density at radius 3 is 2.76 bits per heavy atom. The Hall–Kier alpha value is -2.36. The zero-order valence-corrected chi connectivity index (χ0v) is 9.38. The lowest BCUT2D eigenvalue weighted by molar-refractivity contribution is 0.101. The van der Waals surface area contributed by atoms with Crippen LogP contribution in [0.2, 0.25) is 0 Å². The van der Waals surface area contributed by atoms with Crippen molar-refractivity contribution < 1.29 is 9.53 Å². The van der Waals surface area contributed by atoms with Gasteiger partial charge in [-0.1, -0.05) is 0 Å². The van der Waals surface area contributed by atoms with E-state index in [0.29, 0.717) is 22.7 Å². The minimum atomic E-state index is -0.0841. The highest BCUT2D eigenvalue weighted by Gasteiger charge is 2.07. The minimum Gasteiger partial charge on any atom is -0.456 e. The maximum absolute atomic E-state index is 11.3. The Kier molecular flexibility index (Phi) is 3.05. The molecule has 2 N–H and O–H groups in total. The first-order valence-electron chi connectivity index (χ1n) is 5.15. The van der Waals surface area contributed by atoms with E-state index in [9.17, 15) is 4.79 Å². The number of nitrogen functional groups attached to an aromatic ring is 1. The first kappa shape index (κ1) is 11.1. The van der Waals surface area contributed by atoms with Crippen molar-refractivity contribution >= 4 is 11.5 Å². The number of aromatic nitrogens is 1. The van der Waals surface area contributed by atoms with Gasteiger partial charge in [-0.25, -0.2) is 0 Å². The summed E-state index contributed by atoms with van der Waals surface area (Å²) < 4.78 is 5.55. The molecule has 2 rings (SSSR count). The van der Waals surface area contributed by atoms with Crippen LogP contribution in [-0.4, -0.2) is 10.8 Å². The molecule has 1 heterocycles. The van der Waals surface area contributed by atoms with E-state index in [1.54, 1.807) is 42.7 Å². The van der Waals surface area contributed by atoms with Gasteiger partial charge in [0, 0.05) is 17.4 Å². The molecule has 0 atom stereocenters. The van der Waals surface area contributed by atoms with Crippen LogP contribution in [0.1, 0.15) is 17.3 Å². The van der Waals surface area contributed by atoms with E-state index in [0.717, 1.165) is 0 Å². The highest BCUT2D eigenvalue weighted by molar-refractivity contribution is 5.99. The average Bonchev–Trinajstić information content (AvgIpc) is 2.32. The molecule has 0 saturated carbocycles. The maximum Gasteiger partial charge on any atom is 0.162 e. The quantitative estimate of drug-likeness (QED) is 0.647. The molecule has 0 aliphatic rings. The third-order valence-corrected chi connectivity index (χ3v) is 2.27. The number of carbonyl (C=O) groups is 1. The van der Waals surface area contributed by atoms with E-state index in [-0.39, 0.29) is 5.78 Å². The summed E-state index contributed by atoms with van der Waals surface area (Å²) in [5.74, 6) is 1.10. The first-order chi connectivity index (χ1) is 8.16. The lowest BCUT2D eigenvalue weighted by Crippen LogP contribution is -1.99. The zero-order chi connectivity index (χ0) is 12.3. The van der Waals surface area contributed by atoms with Crippen molar-refractivity contribution in [1.82, 2.24) is 4.98 Å². The Labute approximate surface area is 99.1 Å². The van der Waals surface area contributed by atoms with Crippen molar-refractivity contribution in [3.63, 3.8) is 0 Å². The van der Waals surface area contributed by atoms with Crippen molar-refractivity contribution in [2.24, 2.45) is 0 Å². The summed E-state index contributed by atoms with van der Waals surface area (Å²) in [7, 11) is 0. The van der Waals surface area contributed by atoms with Gasteiger partial charge in [0.25, 0.3) is 0 Å². The second kappa shape index (κ2) is 4.65. The number of ketones is 1. The van der Waals surface area contributed by atoms with Gasteiger partial charge in [0.1, 0.15) is 11.5 Å². The molecule has 0 bridgehead atoms. The topological polar surface area (TPSA) is 65.2 Å². The molecule has 0 amide bonds. The van der Waals surface area contributed by atoms with E-state index < -0.39 is 0 Å². The van der Waals surface area contributed by atoms with Gasteiger partial charge in [-0.2, -0.15) is 0 Å². The Bertz CT molecular complexity index is 538. The highest BCUT2D eigenvalue weighted by atomic mass is 16.5. The lowest BCUT2D eigenvalue weighted by atomic mass is 10.1. The van der Waals surface area contributed by atoms with E-state index in [2.05, 4.69) is 4.98 Å². The molecule has 2 aromatic rings. The number of nitrogens with two attached hydrogens (primary N) is 1. The number of hydrogen-bond donors (Lipinski definition) is 1. The van der Waals surface area contributed by atoms with Gasteiger partial charge in [0.05, 0.1) is 6.20 Å². The number of benzene rings is 1. The number of anilines is 1. The Balaban J connectivity index is 2.29. The van der Waals surface area contributed by atoms with E-state index in [4.69, 9.17) is 10.5 Å². The standard InChI is InChI=1S/C13H12N2O2/c1-9(16)12-7-10(4-5-13(12)14)17-11-3-2-6-15-8-11/h2-8H,14H2,1H3. The van der Waals surface area contributed by atoms with Gasteiger partial charge in [-0.05, 0) is 37.3 Å². The Morgan fingerprint density at radius 2 is 2.12 bits per heavy atom. The normalized spacial score (nSPS) is 9.94. The lowest BCUT2D eigenvalue weighted by Gasteiger charge is -2.07. The molecule has 1 aromatic carbocycles. The zero-order valence-electron chi connectivity index (χ0n) is 9.38. The van der Waals surface area contributed by atoms with Crippen LogP contribution in [0.5, 0.6) is 11.5 Å². The molecule has 0 unspecified atom stereocenters. The molecule has 0 fully saturated rings. The van der Waals surface area contributed by atoms with Crippen LogP contribution in [0.25, 0.3) is 0 Å². The third-order valence-electron chi connectivity index (χ3n) is 2.27. The number of ether oxygens (including phenoxy) is 1. The van der Waals surface area contributed by atoms with Crippen LogP contribution < -0.4 is 10.5 Å². The van der Waals surface area contributed by atoms with Crippen LogP contribution in [0.3, 0.4) is 0 Å². The largest absolute Gasteiger partial charge is 0.456 e. The molecule has 4 heteroatoms. The van der Waals surface area contributed by atoms with Crippen molar-refractivity contribution in [3.8, 4) is 11.5 Å². The SMILES string of the molecule is CC(=O)c1cc(Oc2cccnc2)ccc1N. The van der Waals surface area contributed by atoms with Crippen LogP contribution in [0.15, 0.2) is 42.7 Å². The molecule has 4 nitrogen and oxygen atoms in total. The van der Waals surface area contributed by atoms with Crippen molar-refractivity contribution in [2.45, 2.75) is 6.92 Å². The second-order valence-electron chi connectivity index (χ2n) is 3.60. The molecule has 0 saturated heterocycles. The van der Waals surface area contributed by atoms with Gasteiger partial charge in [0.2, 0.25) is 0 Å². The molecule has 0 spiro atoms. The predicted molar refractivity (Wildman–Crippen MR) is 65.2 cm³/mol. The summed E-state index contributed by atoms with van der Waals surface area (Å²) >= 11 is 0. The summed E-state index contributed by atoms with van der Waals surface area (Å²) in [6, 6.07) is 8.57. The van der Waals surface area contributed by atoms with Gasteiger partial charge in [-0.15, -0.1) is 0 Å². The van der Waals surface area contributed by atoms with Crippen LogP contribution in [0.4, 0.5) is 5.69 Å². The molecule has 0 aliphatic carbocycles. The monoisotopic (exact) mass is 228 g/mol. The predicted octanol–water partition coefficient (Wildman–Crippen LogP) is 2.66. The fourth-order valence-corrected chi connectivity index (χ4v) is 1.45. The van der Waals surface area contributed by atoms with Gasteiger partial charge in [-0.3, -0.25) is 9.78 Å². The number of pyridine rings is 1. The Morgan fingerprint density at radius 1 is 1.29 bits per heavy atom. The van der Waals surface area contributed by atoms with Crippen molar-refractivity contribution in [3.05, 3.63) is 48.3 Å². The molecule has 1 aromatic heterocycles. The molecule has 0 radical (unpaired) electrons. The molecular formula is C13H12N2O2.